The van der Waals surface area contributed by atoms with E-state index in [1.54, 1.807) is 6.26 Å². The number of imidazole rings is 1. The molecule has 5 nitrogen and oxygen atoms in total. The Kier molecular flexibility index (Phi) is 5.39. The standard InChI is InChI=1S/C20H24N4O/c1-15-13-16(2)24-18(14-15)23-19(17-9-8-12-25-17)20(24)22-11-7-5-4-6-10-21-3/h8-9,12-14,22H,4-7,10-11H2,1-2H3. The van der Waals surface area contributed by atoms with Gasteiger partial charge in [-0.15, -0.1) is 0 Å². The molecule has 0 atom stereocenters. The molecule has 3 aromatic rings. The van der Waals surface area contributed by atoms with Gasteiger partial charge >= 0.3 is 0 Å². The lowest BCUT2D eigenvalue weighted by atomic mass is 10.2. The molecule has 0 saturated heterocycles. The van der Waals surface area contributed by atoms with Gasteiger partial charge in [-0.25, -0.2) is 11.6 Å². The molecule has 0 bridgehead atoms. The zero-order chi connectivity index (χ0) is 17.6. The Hall–Kier alpha value is -2.74. The molecule has 3 heterocycles. The summed E-state index contributed by atoms with van der Waals surface area (Å²) in [6.07, 6.45) is 6.00. The molecule has 0 aliphatic rings. The van der Waals surface area contributed by atoms with Crippen molar-refractivity contribution in [3.8, 4) is 11.5 Å². The van der Waals surface area contributed by atoms with Crippen molar-refractivity contribution in [1.82, 2.24) is 9.38 Å². The molecule has 0 aromatic carbocycles. The molecule has 0 spiro atoms. The van der Waals surface area contributed by atoms with Crippen LogP contribution in [0, 0.1) is 20.4 Å². The van der Waals surface area contributed by atoms with Crippen molar-refractivity contribution in [2.45, 2.75) is 39.5 Å². The third-order valence-electron chi connectivity index (χ3n) is 4.29. The number of aryl methyl sites for hydroxylation is 2. The number of hydrogen-bond donors (Lipinski definition) is 1. The number of fused-ring (bicyclic) bond motifs is 1. The molecule has 130 valence electrons. The Balaban J connectivity index is 1.80. The van der Waals surface area contributed by atoms with Crippen molar-refractivity contribution in [2.75, 3.05) is 18.4 Å². The zero-order valence-corrected chi connectivity index (χ0v) is 14.9. The monoisotopic (exact) mass is 336 g/mol. The van der Waals surface area contributed by atoms with Gasteiger partial charge in [0.15, 0.2) is 5.76 Å². The highest BCUT2D eigenvalue weighted by atomic mass is 16.3. The van der Waals surface area contributed by atoms with Gasteiger partial charge in [0, 0.05) is 18.7 Å². The fraction of sp³-hybridized carbons (Fsp3) is 0.400. The summed E-state index contributed by atoms with van der Waals surface area (Å²) in [6, 6.07) is 8.09. The number of anilines is 1. The van der Waals surface area contributed by atoms with Crippen molar-refractivity contribution >= 4 is 11.5 Å². The maximum atomic E-state index is 6.81. The van der Waals surface area contributed by atoms with Crippen LogP contribution in [0.5, 0.6) is 0 Å². The number of furan rings is 1. The summed E-state index contributed by atoms with van der Waals surface area (Å²) in [7, 11) is 0. The molecule has 5 heteroatoms. The minimum absolute atomic E-state index is 0.641. The SMILES string of the molecule is [C-]#[N+]CCCCCCNc1c(-c2ccco2)nc2cc(C)cc(C)n12. The first-order valence-corrected chi connectivity index (χ1v) is 8.81. The molecule has 0 saturated carbocycles. The van der Waals surface area contributed by atoms with Crippen LogP contribution in [0.3, 0.4) is 0 Å². The Bertz CT molecular complexity index is 871. The highest BCUT2D eigenvalue weighted by Gasteiger charge is 2.17. The fourth-order valence-electron chi connectivity index (χ4n) is 3.16. The fourth-order valence-corrected chi connectivity index (χ4v) is 3.16. The third-order valence-corrected chi connectivity index (χ3v) is 4.29. The van der Waals surface area contributed by atoms with E-state index in [2.05, 4.69) is 40.5 Å². The molecule has 3 aromatic heterocycles. The summed E-state index contributed by atoms with van der Waals surface area (Å²) in [6.45, 7) is 12.5. The molecule has 1 N–H and O–H groups in total. The van der Waals surface area contributed by atoms with Gasteiger partial charge in [-0.3, -0.25) is 4.40 Å². The average Bonchev–Trinajstić information content (AvgIpc) is 3.21. The van der Waals surface area contributed by atoms with Crippen LogP contribution in [0.2, 0.25) is 0 Å². The summed E-state index contributed by atoms with van der Waals surface area (Å²) >= 11 is 0. The number of nitrogens with zero attached hydrogens (tertiary/aromatic N) is 3. The summed E-state index contributed by atoms with van der Waals surface area (Å²) < 4.78 is 7.74. The van der Waals surface area contributed by atoms with E-state index < -0.39 is 0 Å². The van der Waals surface area contributed by atoms with Gasteiger partial charge in [0.2, 0.25) is 6.54 Å². The first-order valence-electron chi connectivity index (χ1n) is 8.81. The van der Waals surface area contributed by atoms with Crippen LogP contribution >= 0.6 is 0 Å². The summed E-state index contributed by atoms with van der Waals surface area (Å²) in [5, 5.41) is 3.56. The number of aromatic nitrogens is 2. The van der Waals surface area contributed by atoms with Crippen LogP contribution in [0.1, 0.15) is 36.9 Å². The maximum Gasteiger partial charge on any atom is 0.214 e. The molecule has 25 heavy (non-hydrogen) atoms. The zero-order valence-electron chi connectivity index (χ0n) is 14.9. The minimum atomic E-state index is 0.641. The molecule has 0 aliphatic heterocycles. The van der Waals surface area contributed by atoms with Gasteiger partial charge in [0.1, 0.15) is 17.2 Å². The molecule has 0 radical (unpaired) electrons. The first-order chi connectivity index (χ1) is 12.2. The lowest BCUT2D eigenvalue weighted by Gasteiger charge is -2.10. The van der Waals surface area contributed by atoms with Gasteiger partial charge in [-0.1, -0.05) is 6.42 Å². The molecular weight excluding hydrogens is 312 g/mol. The summed E-state index contributed by atoms with van der Waals surface area (Å²) in [5.41, 5.74) is 4.14. The van der Waals surface area contributed by atoms with Crippen molar-refractivity contribution in [1.29, 1.82) is 0 Å². The van der Waals surface area contributed by atoms with Crippen LogP contribution in [-0.4, -0.2) is 22.5 Å². The molecular formula is C20H24N4O. The van der Waals surface area contributed by atoms with Gasteiger partial charge < -0.3 is 14.6 Å². The average molecular weight is 336 g/mol. The van der Waals surface area contributed by atoms with Crippen molar-refractivity contribution in [3.05, 3.63) is 53.2 Å². The number of rotatable bonds is 8. The van der Waals surface area contributed by atoms with Crippen LogP contribution in [-0.2, 0) is 0 Å². The summed E-state index contributed by atoms with van der Waals surface area (Å²) in [4.78, 5) is 8.19. The number of hydrogen-bond acceptors (Lipinski definition) is 3. The summed E-state index contributed by atoms with van der Waals surface area (Å²) in [5.74, 6) is 1.77. The number of pyridine rings is 1. The molecule has 0 fully saturated rings. The maximum absolute atomic E-state index is 6.81. The Morgan fingerprint density at radius 3 is 2.80 bits per heavy atom. The van der Waals surface area contributed by atoms with Gasteiger partial charge in [0.05, 0.1) is 6.26 Å². The van der Waals surface area contributed by atoms with E-state index in [-0.39, 0.29) is 0 Å². The Morgan fingerprint density at radius 1 is 1.20 bits per heavy atom. The van der Waals surface area contributed by atoms with E-state index in [0.29, 0.717) is 6.54 Å². The van der Waals surface area contributed by atoms with E-state index in [9.17, 15) is 0 Å². The highest BCUT2D eigenvalue weighted by Crippen LogP contribution is 2.30. The van der Waals surface area contributed by atoms with E-state index in [0.717, 1.165) is 60.8 Å². The van der Waals surface area contributed by atoms with Crippen LogP contribution in [0.15, 0.2) is 34.9 Å². The van der Waals surface area contributed by atoms with Gasteiger partial charge in [0.25, 0.3) is 0 Å². The van der Waals surface area contributed by atoms with Crippen molar-refractivity contribution in [2.24, 2.45) is 0 Å². The number of nitrogens with one attached hydrogen (secondary N) is 1. The van der Waals surface area contributed by atoms with Crippen molar-refractivity contribution in [3.63, 3.8) is 0 Å². The lowest BCUT2D eigenvalue weighted by molar-refractivity contribution is 0.580. The second-order valence-corrected chi connectivity index (χ2v) is 6.38. The van der Waals surface area contributed by atoms with E-state index in [1.165, 1.54) is 5.56 Å². The van der Waals surface area contributed by atoms with E-state index in [4.69, 9.17) is 16.0 Å². The first kappa shape index (κ1) is 17.1. The van der Waals surface area contributed by atoms with Crippen molar-refractivity contribution < 1.29 is 4.42 Å². The van der Waals surface area contributed by atoms with Crippen LogP contribution in [0.25, 0.3) is 21.9 Å². The topological polar surface area (TPSA) is 46.8 Å². The molecule has 0 aliphatic carbocycles. The second-order valence-electron chi connectivity index (χ2n) is 6.38. The number of unbranched alkanes of at least 4 members (excludes halogenated alkanes) is 3. The van der Waals surface area contributed by atoms with Gasteiger partial charge in [-0.2, -0.15) is 0 Å². The smallest absolute Gasteiger partial charge is 0.214 e. The van der Waals surface area contributed by atoms with E-state index in [1.807, 2.05) is 12.1 Å². The quantitative estimate of drug-likeness (QED) is 0.460. The van der Waals surface area contributed by atoms with Crippen LogP contribution in [0.4, 0.5) is 5.82 Å². The second kappa shape index (κ2) is 7.89. The molecule has 3 rings (SSSR count). The lowest BCUT2D eigenvalue weighted by Crippen LogP contribution is -2.06. The predicted octanol–water partition coefficient (Wildman–Crippen LogP) is 5.10. The van der Waals surface area contributed by atoms with Crippen LogP contribution < -0.4 is 5.32 Å². The highest BCUT2D eigenvalue weighted by molar-refractivity contribution is 5.74. The van der Waals surface area contributed by atoms with Gasteiger partial charge in [-0.05, 0) is 56.5 Å². The van der Waals surface area contributed by atoms with E-state index >= 15 is 0 Å². The predicted molar refractivity (Wildman–Crippen MR) is 101 cm³/mol. The minimum Gasteiger partial charge on any atom is -0.463 e. The molecule has 0 amide bonds. The Labute approximate surface area is 148 Å². The Morgan fingerprint density at radius 2 is 2.04 bits per heavy atom. The molecule has 0 unspecified atom stereocenters. The normalized spacial score (nSPS) is 10.9. The third kappa shape index (κ3) is 3.85. The largest absolute Gasteiger partial charge is 0.463 e.